The molecule has 0 aliphatic heterocycles. The van der Waals surface area contributed by atoms with Gasteiger partial charge in [0.05, 0.1) is 10.9 Å². The number of nitrogens with zero attached hydrogens (tertiary/aromatic N) is 1. The van der Waals surface area contributed by atoms with Gasteiger partial charge in [0.25, 0.3) is 0 Å². The number of hydrogen-bond donors (Lipinski definition) is 1. The molecule has 1 aromatic heterocycles. The van der Waals surface area contributed by atoms with E-state index in [0.29, 0.717) is 6.42 Å². The SMILES string of the molecule is Cc1ccc(S(=O)(=O)NC(Cc2cccc(C)n2)c2cccc3ccccc23)cc1. The van der Waals surface area contributed by atoms with Crippen LogP contribution in [0, 0.1) is 13.8 Å². The van der Waals surface area contributed by atoms with Crippen molar-refractivity contribution < 1.29 is 8.42 Å². The second kappa shape index (κ2) is 8.38. The highest BCUT2D eigenvalue weighted by Gasteiger charge is 2.23. The maximum Gasteiger partial charge on any atom is 0.241 e. The topological polar surface area (TPSA) is 59.1 Å². The van der Waals surface area contributed by atoms with Gasteiger partial charge in [-0.15, -0.1) is 0 Å². The van der Waals surface area contributed by atoms with Gasteiger partial charge in [-0.3, -0.25) is 4.98 Å². The van der Waals surface area contributed by atoms with Crippen molar-refractivity contribution in [1.82, 2.24) is 9.71 Å². The van der Waals surface area contributed by atoms with Crippen molar-refractivity contribution in [3.05, 3.63) is 107 Å². The molecule has 1 heterocycles. The van der Waals surface area contributed by atoms with Gasteiger partial charge in [-0.2, -0.15) is 0 Å². The molecular weight excluding hydrogens is 392 g/mol. The van der Waals surface area contributed by atoms with Crippen LogP contribution in [0.5, 0.6) is 0 Å². The molecule has 4 aromatic rings. The molecule has 1 unspecified atom stereocenters. The number of aryl methyl sites for hydroxylation is 2. The molecule has 0 fully saturated rings. The van der Waals surface area contributed by atoms with Crippen molar-refractivity contribution in [2.75, 3.05) is 0 Å². The first-order valence-electron chi connectivity index (χ1n) is 9.91. The highest BCUT2D eigenvalue weighted by atomic mass is 32.2. The average molecular weight is 417 g/mol. The lowest BCUT2D eigenvalue weighted by atomic mass is 9.96. The van der Waals surface area contributed by atoms with Crippen molar-refractivity contribution in [1.29, 1.82) is 0 Å². The van der Waals surface area contributed by atoms with Crippen LogP contribution in [-0.4, -0.2) is 13.4 Å². The smallest absolute Gasteiger partial charge is 0.241 e. The lowest BCUT2D eigenvalue weighted by Crippen LogP contribution is -2.30. The van der Waals surface area contributed by atoms with Gasteiger partial charge in [0, 0.05) is 17.8 Å². The van der Waals surface area contributed by atoms with Crippen LogP contribution in [0.25, 0.3) is 10.8 Å². The Kier molecular flexibility index (Phi) is 5.66. The van der Waals surface area contributed by atoms with Crippen LogP contribution in [-0.2, 0) is 16.4 Å². The van der Waals surface area contributed by atoms with Crippen molar-refractivity contribution >= 4 is 20.8 Å². The monoisotopic (exact) mass is 416 g/mol. The average Bonchev–Trinajstić information content (AvgIpc) is 2.73. The van der Waals surface area contributed by atoms with E-state index in [4.69, 9.17) is 0 Å². The summed E-state index contributed by atoms with van der Waals surface area (Å²) in [6.45, 7) is 3.87. The zero-order valence-electron chi connectivity index (χ0n) is 17.0. The second-order valence-electron chi connectivity index (χ2n) is 7.53. The minimum absolute atomic E-state index is 0.260. The van der Waals surface area contributed by atoms with Crippen molar-refractivity contribution in [3.8, 4) is 0 Å². The Balaban J connectivity index is 1.78. The minimum atomic E-state index is -3.70. The number of nitrogens with one attached hydrogen (secondary N) is 1. The largest absolute Gasteiger partial charge is 0.258 e. The predicted octanol–water partition coefficient (Wildman–Crippen LogP) is 5.11. The zero-order chi connectivity index (χ0) is 21.1. The van der Waals surface area contributed by atoms with Gasteiger partial charge in [0.15, 0.2) is 0 Å². The first-order valence-corrected chi connectivity index (χ1v) is 11.4. The van der Waals surface area contributed by atoms with E-state index in [-0.39, 0.29) is 4.90 Å². The van der Waals surface area contributed by atoms with Gasteiger partial charge in [0.1, 0.15) is 0 Å². The highest BCUT2D eigenvalue weighted by Crippen LogP contribution is 2.28. The molecule has 0 saturated heterocycles. The van der Waals surface area contributed by atoms with Gasteiger partial charge in [-0.05, 0) is 54.4 Å². The summed E-state index contributed by atoms with van der Waals surface area (Å²) in [5.74, 6) is 0. The van der Waals surface area contributed by atoms with Crippen LogP contribution < -0.4 is 4.72 Å². The Morgan fingerprint density at radius 1 is 0.833 bits per heavy atom. The van der Waals surface area contributed by atoms with Gasteiger partial charge < -0.3 is 0 Å². The molecule has 5 heteroatoms. The third kappa shape index (κ3) is 4.42. The van der Waals surface area contributed by atoms with E-state index in [1.54, 1.807) is 12.1 Å². The van der Waals surface area contributed by atoms with E-state index < -0.39 is 16.1 Å². The summed E-state index contributed by atoms with van der Waals surface area (Å²) >= 11 is 0. The fourth-order valence-electron chi connectivity index (χ4n) is 3.66. The van der Waals surface area contributed by atoms with Crippen LogP contribution in [0.2, 0.25) is 0 Å². The van der Waals surface area contributed by atoms with Crippen LogP contribution in [0.1, 0.15) is 28.6 Å². The summed E-state index contributed by atoms with van der Waals surface area (Å²) in [7, 11) is -3.70. The second-order valence-corrected chi connectivity index (χ2v) is 9.24. The van der Waals surface area contributed by atoms with Gasteiger partial charge in [0.2, 0.25) is 10.0 Å². The third-order valence-electron chi connectivity index (χ3n) is 5.19. The Labute approximate surface area is 177 Å². The fraction of sp³-hybridized carbons (Fsp3) is 0.160. The van der Waals surface area contributed by atoms with E-state index in [1.165, 1.54) is 0 Å². The molecule has 1 atom stereocenters. The molecule has 1 N–H and O–H groups in total. The first kappa shape index (κ1) is 20.3. The predicted molar refractivity (Wildman–Crippen MR) is 121 cm³/mol. The third-order valence-corrected chi connectivity index (χ3v) is 6.67. The van der Waals surface area contributed by atoms with E-state index in [2.05, 4.69) is 9.71 Å². The summed E-state index contributed by atoms with van der Waals surface area (Å²) in [6.07, 6.45) is 0.459. The molecule has 0 spiro atoms. The lowest BCUT2D eigenvalue weighted by Gasteiger charge is -2.21. The Bertz CT molecular complexity index is 1280. The van der Waals surface area contributed by atoms with Crippen LogP contribution in [0.15, 0.2) is 89.8 Å². The minimum Gasteiger partial charge on any atom is -0.258 e. The highest BCUT2D eigenvalue weighted by molar-refractivity contribution is 7.89. The van der Waals surface area contributed by atoms with Crippen LogP contribution in [0.4, 0.5) is 0 Å². The molecule has 4 rings (SSSR count). The van der Waals surface area contributed by atoms with Gasteiger partial charge in [-0.25, -0.2) is 13.1 Å². The summed E-state index contributed by atoms with van der Waals surface area (Å²) < 4.78 is 29.3. The Hall–Kier alpha value is -3.02. The molecule has 0 bridgehead atoms. The normalized spacial score (nSPS) is 12.7. The fourth-order valence-corrected chi connectivity index (χ4v) is 4.88. The van der Waals surface area contributed by atoms with Crippen molar-refractivity contribution in [2.24, 2.45) is 0 Å². The molecule has 4 nitrogen and oxygen atoms in total. The van der Waals surface area contributed by atoms with Crippen molar-refractivity contribution in [2.45, 2.75) is 31.2 Å². The number of benzene rings is 3. The quantitative estimate of drug-likeness (QED) is 0.475. The number of aromatic nitrogens is 1. The molecule has 0 aliphatic carbocycles. The molecule has 0 aliphatic rings. The Morgan fingerprint density at radius 3 is 2.30 bits per heavy atom. The first-order chi connectivity index (χ1) is 14.4. The maximum absolute atomic E-state index is 13.2. The molecule has 0 radical (unpaired) electrons. The Morgan fingerprint density at radius 2 is 1.53 bits per heavy atom. The maximum atomic E-state index is 13.2. The molecule has 0 amide bonds. The number of fused-ring (bicyclic) bond motifs is 1. The van der Waals surface area contributed by atoms with Crippen molar-refractivity contribution in [3.63, 3.8) is 0 Å². The molecular formula is C25H24N2O2S. The number of hydrogen-bond acceptors (Lipinski definition) is 3. The van der Waals surface area contributed by atoms with E-state index in [0.717, 1.165) is 33.3 Å². The summed E-state index contributed by atoms with van der Waals surface area (Å²) in [5, 5.41) is 2.11. The molecule has 152 valence electrons. The number of sulfonamides is 1. The summed E-state index contributed by atoms with van der Waals surface area (Å²) in [6, 6.07) is 26.3. The van der Waals surface area contributed by atoms with Crippen LogP contribution in [0.3, 0.4) is 0 Å². The molecule has 0 saturated carbocycles. The summed E-state index contributed by atoms with van der Waals surface area (Å²) in [4.78, 5) is 4.86. The number of rotatable bonds is 6. The molecule has 30 heavy (non-hydrogen) atoms. The van der Waals surface area contributed by atoms with Gasteiger partial charge >= 0.3 is 0 Å². The lowest BCUT2D eigenvalue weighted by molar-refractivity contribution is 0.554. The number of pyridine rings is 1. The van der Waals surface area contributed by atoms with E-state index >= 15 is 0 Å². The van der Waals surface area contributed by atoms with Gasteiger partial charge in [-0.1, -0.05) is 66.2 Å². The standard InChI is InChI=1S/C25H24N2O2S/c1-18-13-15-22(16-14-18)30(28,29)27-25(17-21-10-5-7-19(2)26-21)24-12-6-9-20-8-3-4-11-23(20)24/h3-16,25,27H,17H2,1-2H3. The molecule has 3 aromatic carbocycles. The van der Waals surface area contributed by atoms with Crippen LogP contribution >= 0.6 is 0 Å². The summed E-state index contributed by atoms with van der Waals surface area (Å²) in [5.41, 5.74) is 3.71. The van der Waals surface area contributed by atoms with E-state index in [1.807, 2.05) is 86.6 Å². The zero-order valence-corrected chi connectivity index (χ0v) is 17.9. The van der Waals surface area contributed by atoms with E-state index in [9.17, 15) is 8.42 Å².